The van der Waals surface area contributed by atoms with Crippen LogP contribution in [0.15, 0.2) is 48.5 Å². The first kappa shape index (κ1) is 13.3. The predicted molar refractivity (Wildman–Crippen MR) is 75.4 cm³/mol. The van der Waals surface area contributed by atoms with Crippen molar-refractivity contribution >= 4 is 0 Å². The minimum atomic E-state index is -0.813. The molecular weight excluding hydrogens is 256 g/mol. The van der Waals surface area contributed by atoms with Gasteiger partial charge in [-0.05, 0) is 42.5 Å². The molecule has 0 aromatic heterocycles. The van der Waals surface area contributed by atoms with E-state index in [1.54, 1.807) is 6.07 Å². The lowest BCUT2D eigenvalue weighted by Crippen LogP contribution is -2.36. The number of nitrogens with two attached hydrogens (primary N) is 1. The molecule has 0 aliphatic heterocycles. The van der Waals surface area contributed by atoms with Gasteiger partial charge in [-0.25, -0.2) is 8.78 Å². The van der Waals surface area contributed by atoms with E-state index in [9.17, 15) is 8.78 Å². The molecule has 0 heterocycles. The van der Waals surface area contributed by atoms with Gasteiger partial charge in [-0.1, -0.05) is 36.4 Å². The van der Waals surface area contributed by atoms with Crippen LogP contribution in [0.25, 0.3) is 0 Å². The van der Waals surface area contributed by atoms with Crippen molar-refractivity contribution in [3.05, 3.63) is 71.3 Å². The Bertz CT molecular complexity index is 606. The lowest BCUT2D eigenvalue weighted by atomic mass is 9.85. The van der Waals surface area contributed by atoms with Crippen molar-refractivity contribution in [3.63, 3.8) is 0 Å². The second-order valence-electron chi connectivity index (χ2n) is 5.58. The van der Waals surface area contributed by atoms with Crippen LogP contribution in [0.4, 0.5) is 8.78 Å². The van der Waals surface area contributed by atoms with E-state index in [1.807, 2.05) is 18.2 Å². The Morgan fingerprint density at radius 1 is 1.00 bits per heavy atom. The molecule has 3 rings (SSSR count). The predicted octanol–water partition coefficient (Wildman–Crippen LogP) is 3.57. The fourth-order valence-corrected chi connectivity index (χ4v) is 2.89. The average molecular weight is 273 g/mol. The van der Waals surface area contributed by atoms with Gasteiger partial charge in [-0.15, -0.1) is 0 Å². The summed E-state index contributed by atoms with van der Waals surface area (Å²) in [7, 11) is 0. The summed E-state index contributed by atoms with van der Waals surface area (Å²) in [5.74, 6) is -1.62. The van der Waals surface area contributed by atoms with E-state index >= 15 is 0 Å². The molecule has 2 aromatic carbocycles. The van der Waals surface area contributed by atoms with Crippen molar-refractivity contribution < 1.29 is 8.78 Å². The maximum atomic E-state index is 13.2. The van der Waals surface area contributed by atoms with Crippen LogP contribution in [-0.2, 0) is 11.8 Å². The van der Waals surface area contributed by atoms with Crippen LogP contribution in [0.2, 0.25) is 0 Å². The van der Waals surface area contributed by atoms with Gasteiger partial charge < -0.3 is 5.73 Å². The van der Waals surface area contributed by atoms with Crippen LogP contribution in [0.5, 0.6) is 0 Å². The molecule has 1 saturated carbocycles. The lowest BCUT2D eigenvalue weighted by Gasteiger charge is -2.24. The van der Waals surface area contributed by atoms with Crippen LogP contribution in [0.3, 0.4) is 0 Å². The molecule has 0 saturated heterocycles. The average Bonchev–Trinajstić information content (AvgIpc) is 3.26. The zero-order valence-corrected chi connectivity index (χ0v) is 11.2. The third-order valence-electron chi connectivity index (χ3n) is 4.29. The zero-order valence-electron chi connectivity index (χ0n) is 11.2. The van der Waals surface area contributed by atoms with Crippen molar-refractivity contribution in [2.75, 3.05) is 0 Å². The SMILES string of the molecule is NC(Cc1ccc(F)c(F)c1)C1(c2ccccc2)CC1. The molecule has 0 amide bonds. The Kier molecular flexibility index (Phi) is 3.30. The van der Waals surface area contributed by atoms with Gasteiger partial charge in [0.15, 0.2) is 11.6 Å². The van der Waals surface area contributed by atoms with Gasteiger partial charge in [0.05, 0.1) is 0 Å². The maximum Gasteiger partial charge on any atom is 0.159 e. The second kappa shape index (κ2) is 4.98. The van der Waals surface area contributed by atoms with Crippen molar-refractivity contribution in [3.8, 4) is 0 Å². The smallest absolute Gasteiger partial charge is 0.159 e. The fourth-order valence-electron chi connectivity index (χ4n) is 2.89. The maximum absolute atomic E-state index is 13.2. The molecule has 0 radical (unpaired) electrons. The van der Waals surface area contributed by atoms with E-state index in [2.05, 4.69) is 12.1 Å². The van der Waals surface area contributed by atoms with Gasteiger partial charge in [0.1, 0.15) is 0 Å². The Hall–Kier alpha value is -1.74. The minimum Gasteiger partial charge on any atom is -0.327 e. The molecule has 1 nitrogen and oxygen atoms in total. The van der Waals surface area contributed by atoms with Gasteiger partial charge in [0.25, 0.3) is 0 Å². The minimum absolute atomic E-state index is 0.00607. The van der Waals surface area contributed by atoms with Crippen molar-refractivity contribution in [1.82, 2.24) is 0 Å². The van der Waals surface area contributed by atoms with Crippen LogP contribution in [-0.4, -0.2) is 6.04 Å². The van der Waals surface area contributed by atoms with Crippen LogP contribution >= 0.6 is 0 Å². The summed E-state index contributed by atoms with van der Waals surface area (Å²) in [4.78, 5) is 0. The molecular formula is C17H17F2N. The molecule has 1 aliphatic rings. The molecule has 0 spiro atoms. The van der Waals surface area contributed by atoms with Crippen LogP contribution < -0.4 is 5.73 Å². The molecule has 2 aromatic rings. The number of hydrogen-bond acceptors (Lipinski definition) is 1. The highest BCUT2D eigenvalue weighted by atomic mass is 19.2. The highest BCUT2D eigenvalue weighted by molar-refractivity contribution is 5.35. The molecule has 1 aliphatic carbocycles. The van der Waals surface area contributed by atoms with E-state index in [0.29, 0.717) is 6.42 Å². The molecule has 1 unspecified atom stereocenters. The van der Waals surface area contributed by atoms with Gasteiger partial charge >= 0.3 is 0 Å². The standard InChI is InChI=1S/C17H17F2N/c18-14-7-6-12(10-15(14)19)11-16(20)17(8-9-17)13-4-2-1-3-5-13/h1-7,10,16H,8-9,11,20H2. The van der Waals surface area contributed by atoms with E-state index in [0.717, 1.165) is 18.4 Å². The highest BCUT2D eigenvalue weighted by Gasteiger charge is 2.48. The summed E-state index contributed by atoms with van der Waals surface area (Å²) in [5, 5.41) is 0. The molecule has 2 N–H and O–H groups in total. The summed E-state index contributed by atoms with van der Waals surface area (Å²) >= 11 is 0. The quantitative estimate of drug-likeness (QED) is 0.905. The number of hydrogen-bond donors (Lipinski definition) is 1. The Labute approximate surface area is 117 Å². The van der Waals surface area contributed by atoms with E-state index < -0.39 is 11.6 Å². The summed E-state index contributed by atoms with van der Waals surface area (Å²) in [6, 6.07) is 14.2. The van der Waals surface area contributed by atoms with Gasteiger partial charge in [0.2, 0.25) is 0 Å². The lowest BCUT2D eigenvalue weighted by molar-refractivity contribution is 0.495. The van der Waals surface area contributed by atoms with Gasteiger partial charge in [-0.2, -0.15) is 0 Å². The topological polar surface area (TPSA) is 26.0 Å². The van der Waals surface area contributed by atoms with Gasteiger partial charge in [0, 0.05) is 11.5 Å². The van der Waals surface area contributed by atoms with Crippen LogP contribution in [0, 0.1) is 11.6 Å². The normalized spacial score (nSPS) is 17.8. The van der Waals surface area contributed by atoms with Crippen molar-refractivity contribution in [2.45, 2.75) is 30.7 Å². The molecule has 1 fully saturated rings. The largest absolute Gasteiger partial charge is 0.327 e. The molecule has 104 valence electrons. The zero-order chi connectivity index (χ0) is 14.2. The molecule has 0 bridgehead atoms. The fraction of sp³-hybridized carbons (Fsp3) is 0.294. The summed E-state index contributed by atoms with van der Waals surface area (Å²) in [6.45, 7) is 0. The first-order valence-corrected chi connectivity index (χ1v) is 6.87. The third-order valence-corrected chi connectivity index (χ3v) is 4.29. The second-order valence-corrected chi connectivity index (χ2v) is 5.58. The monoisotopic (exact) mass is 273 g/mol. The number of rotatable bonds is 4. The first-order valence-electron chi connectivity index (χ1n) is 6.87. The Morgan fingerprint density at radius 3 is 2.30 bits per heavy atom. The molecule has 3 heteroatoms. The molecule has 20 heavy (non-hydrogen) atoms. The van der Waals surface area contributed by atoms with E-state index in [1.165, 1.54) is 17.7 Å². The van der Waals surface area contributed by atoms with Crippen molar-refractivity contribution in [1.29, 1.82) is 0 Å². The highest BCUT2D eigenvalue weighted by Crippen LogP contribution is 2.50. The van der Waals surface area contributed by atoms with Crippen molar-refractivity contribution in [2.24, 2.45) is 5.73 Å². The summed E-state index contributed by atoms with van der Waals surface area (Å²) in [6.07, 6.45) is 2.68. The number of halogens is 2. The Balaban J connectivity index is 1.79. The summed E-state index contributed by atoms with van der Waals surface area (Å²) in [5.41, 5.74) is 8.35. The Morgan fingerprint density at radius 2 is 1.70 bits per heavy atom. The first-order chi connectivity index (χ1) is 9.62. The van der Waals surface area contributed by atoms with Gasteiger partial charge in [-0.3, -0.25) is 0 Å². The van der Waals surface area contributed by atoms with E-state index in [4.69, 9.17) is 5.73 Å². The van der Waals surface area contributed by atoms with E-state index in [-0.39, 0.29) is 11.5 Å². The summed E-state index contributed by atoms with van der Waals surface area (Å²) < 4.78 is 26.2. The third kappa shape index (κ3) is 2.34. The molecule has 1 atom stereocenters. The van der Waals surface area contributed by atoms with Crippen LogP contribution in [0.1, 0.15) is 24.0 Å². The number of benzene rings is 2.